The Bertz CT molecular complexity index is 572. The Morgan fingerprint density at radius 1 is 1.41 bits per heavy atom. The maximum Gasteiger partial charge on any atom is 0.230 e. The molecule has 0 radical (unpaired) electrons. The van der Waals surface area contributed by atoms with Gasteiger partial charge in [0.05, 0.1) is 30.8 Å². The first-order valence-electron chi connectivity index (χ1n) is 7.72. The van der Waals surface area contributed by atoms with Crippen LogP contribution in [0.1, 0.15) is 32.3 Å². The standard InChI is InChI=1S/C17H23NO4/c1-11(12-5-4-6-13(19)7-12)16(20)18-10-17(2,3)22-15-9-21-8-14(15)18/h4-7,11,14-15,19H,8-10H2,1-3H3/t11?,14-,15-/m1/s1. The molecule has 3 atom stereocenters. The molecule has 0 aromatic heterocycles. The third-order valence-corrected chi connectivity index (χ3v) is 4.45. The Morgan fingerprint density at radius 2 is 2.18 bits per heavy atom. The molecule has 0 spiro atoms. The molecule has 22 heavy (non-hydrogen) atoms. The quantitative estimate of drug-likeness (QED) is 0.906. The van der Waals surface area contributed by atoms with Crippen LogP contribution < -0.4 is 0 Å². The van der Waals surface area contributed by atoms with Gasteiger partial charge in [-0.25, -0.2) is 0 Å². The SMILES string of the molecule is CC(C(=O)N1CC(C)(C)O[C@@H]2COC[C@H]21)c1cccc(O)c1. The van der Waals surface area contributed by atoms with Crippen molar-refractivity contribution in [2.75, 3.05) is 19.8 Å². The number of hydrogen-bond acceptors (Lipinski definition) is 4. The van der Waals surface area contributed by atoms with E-state index in [4.69, 9.17) is 9.47 Å². The van der Waals surface area contributed by atoms with Crippen LogP contribution in [0.3, 0.4) is 0 Å². The molecule has 120 valence electrons. The highest BCUT2D eigenvalue weighted by Crippen LogP contribution is 2.32. The van der Waals surface area contributed by atoms with Crippen molar-refractivity contribution in [1.82, 2.24) is 4.90 Å². The lowest BCUT2D eigenvalue weighted by Gasteiger charge is -2.45. The van der Waals surface area contributed by atoms with E-state index >= 15 is 0 Å². The highest BCUT2D eigenvalue weighted by atomic mass is 16.6. The molecule has 0 bridgehead atoms. The van der Waals surface area contributed by atoms with Crippen molar-refractivity contribution in [3.05, 3.63) is 29.8 Å². The second-order valence-electron chi connectivity index (χ2n) is 6.80. The van der Waals surface area contributed by atoms with Crippen molar-refractivity contribution in [3.63, 3.8) is 0 Å². The van der Waals surface area contributed by atoms with Gasteiger partial charge in [-0.1, -0.05) is 12.1 Å². The summed E-state index contributed by atoms with van der Waals surface area (Å²) in [7, 11) is 0. The molecule has 1 aromatic carbocycles. The normalized spacial score (nSPS) is 28.2. The molecule has 0 aliphatic carbocycles. The minimum absolute atomic E-state index is 0.0136. The van der Waals surface area contributed by atoms with Crippen molar-refractivity contribution in [1.29, 1.82) is 0 Å². The lowest BCUT2D eigenvalue weighted by molar-refractivity contribution is -0.169. The summed E-state index contributed by atoms with van der Waals surface area (Å²) in [6.45, 7) is 7.50. The summed E-state index contributed by atoms with van der Waals surface area (Å²) >= 11 is 0. The number of carbonyl (C=O) groups excluding carboxylic acids is 1. The molecule has 2 fully saturated rings. The summed E-state index contributed by atoms with van der Waals surface area (Å²) in [5, 5.41) is 9.62. The maximum atomic E-state index is 13.0. The predicted octanol–water partition coefficient (Wildman–Crippen LogP) is 1.90. The Labute approximate surface area is 130 Å². The lowest BCUT2D eigenvalue weighted by Crippen LogP contribution is -2.60. The fraction of sp³-hybridized carbons (Fsp3) is 0.588. The highest BCUT2D eigenvalue weighted by Gasteiger charge is 2.46. The smallest absolute Gasteiger partial charge is 0.230 e. The minimum Gasteiger partial charge on any atom is -0.508 e. The topological polar surface area (TPSA) is 59.0 Å². The molecule has 0 saturated carbocycles. The van der Waals surface area contributed by atoms with Crippen LogP contribution in [-0.4, -0.2) is 53.4 Å². The van der Waals surface area contributed by atoms with E-state index in [1.807, 2.05) is 31.7 Å². The molecular formula is C17H23NO4. The number of rotatable bonds is 2. The molecular weight excluding hydrogens is 282 g/mol. The molecule has 1 N–H and O–H groups in total. The average Bonchev–Trinajstić information content (AvgIpc) is 2.91. The molecule has 2 heterocycles. The second kappa shape index (κ2) is 5.56. The van der Waals surface area contributed by atoms with Crippen molar-refractivity contribution in [3.8, 4) is 5.75 Å². The van der Waals surface area contributed by atoms with E-state index in [9.17, 15) is 9.90 Å². The van der Waals surface area contributed by atoms with Crippen LogP contribution >= 0.6 is 0 Å². The number of phenols is 1. The molecule has 1 unspecified atom stereocenters. The van der Waals surface area contributed by atoms with Crippen LogP contribution in [0.4, 0.5) is 0 Å². The number of benzene rings is 1. The summed E-state index contributed by atoms with van der Waals surface area (Å²) in [4.78, 5) is 14.9. The van der Waals surface area contributed by atoms with Gasteiger partial charge in [-0.3, -0.25) is 4.79 Å². The van der Waals surface area contributed by atoms with Gasteiger partial charge in [-0.05, 0) is 38.5 Å². The second-order valence-corrected chi connectivity index (χ2v) is 6.80. The van der Waals surface area contributed by atoms with E-state index in [0.29, 0.717) is 19.8 Å². The highest BCUT2D eigenvalue weighted by molar-refractivity contribution is 5.84. The summed E-state index contributed by atoms with van der Waals surface area (Å²) in [6.07, 6.45) is -0.0518. The van der Waals surface area contributed by atoms with Gasteiger partial charge in [0.1, 0.15) is 11.9 Å². The predicted molar refractivity (Wildman–Crippen MR) is 81.8 cm³/mol. The molecule has 5 heteroatoms. The average molecular weight is 305 g/mol. The van der Waals surface area contributed by atoms with Crippen LogP contribution in [0.5, 0.6) is 5.75 Å². The zero-order valence-corrected chi connectivity index (χ0v) is 13.3. The largest absolute Gasteiger partial charge is 0.508 e. The van der Waals surface area contributed by atoms with Gasteiger partial charge >= 0.3 is 0 Å². The van der Waals surface area contributed by atoms with Crippen molar-refractivity contribution < 1.29 is 19.4 Å². The van der Waals surface area contributed by atoms with Crippen molar-refractivity contribution in [2.45, 2.75) is 44.4 Å². The lowest BCUT2D eigenvalue weighted by atomic mass is 9.95. The fourth-order valence-corrected chi connectivity index (χ4v) is 3.33. The molecule has 1 amide bonds. The zero-order chi connectivity index (χ0) is 15.9. The molecule has 2 aliphatic rings. The van der Waals surface area contributed by atoms with E-state index in [-0.39, 0.29) is 35.3 Å². The van der Waals surface area contributed by atoms with Crippen LogP contribution in [0.15, 0.2) is 24.3 Å². The van der Waals surface area contributed by atoms with E-state index in [1.54, 1.807) is 18.2 Å². The number of phenolic OH excluding ortho intramolecular Hbond substituents is 1. The number of ether oxygens (including phenoxy) is 2. The Morgan fingerprint density at radius 3 is 2.91 bits per heavy atom. The third-order valence-electron chi connectivity index (χ3n) is 4.45. The number of fused-ring (bicyclic) bond motifs is 1. The van der Waals surface area contributed by atoms with Gasteiger partial charge in [0, 0.05) is 6.54 Å². The van der Waals surface area contributed by atoms with Crippen LogP contribution in [0.25, 0.3) is 0 Å². The number of morpholine rings is 1. The van der Waals surface area contributed by atoms with Crippen molar-refractivity contribution >= 4 is 5.91 Å². The molecule has 2 saturated heterocycles. The summed E-state index contributed by atoms with van der Waals surface area (Å²) in [5.74, 6) is -0.0636. The van der Waals surface area contributed by atoms with Gasteiger partial charge in [0.25, 0.3) is 0 Å². The molecule has 2 aliphatic heterocycles. The minimum atomic E-state index is -0.372. The number of amides is 1. The summed E-state index contributed by atoms with van der Waals surface area (Å²) < 4.78 is 11.5. The number of carbonyl (C=O) groups is 1. The Balaban J connectivity index is 1.83. The number of hydrogen-bond donors (Lipinski definition) is 1. The molecule has 3 rings (SSSR count). The van der Waals surface area contributed by atoms with Crippen LogP contribution in [0, 0.1) is 0 Å². The molecule has 1 aromatic rings. The first-order chi connectivity index (χ1) is 10.4. The number of nitrogens with zero attached hydrogens (tertiary/aromatic N) is 1. The molecule has 5 nitrogen and oxygen atoms in total. The van der Waals surface area contributed by atoms with Gasteiger partial charge in [0.15, 0.2) is 0 Å². The van der Waals surface area contributed by atoms with Crippen molar-refractivity contribution in [2.24, 2.45) is 0 Å². The van der Waals surface area contributed by atoms with Crippen LogP contribution in [-0.2, 0) is 14.3 Å². The maximum absolute atomic E-state index is 13.0. The first kappa shape index (κ1) is 15.3. The van der Waals surface area contributed by atoms with Gasteiger partial charge in [-0.15, -0.1) is 0 Å². The Kier molecular flexibility index (Phi) is 3.87. The van der Waals surface area contributed by atoms with Gasteiger partial charge in [-0.2, -0.15) is 0 Å². The number of aromatic hydroxyl groups is 1. The van der Waals surface area contributed by atoms with E-state index in [0.717, 1.165) is 5.56 Å². The third kappa shape index (κ3) is 2.83. The van der Waals surface area contributed by atoms with E-state index in [1.165, 1.54) is 0 Å². The fourth-order valence-electron chi connectivity index (χ4n) is 3.33. The van der Waals surface area contributed by atoms with Crippen LogP contribution in [0.2, 0.25) is 0 Å². The van der Waals surface area contributed by atoms with Gasteiger partial charge < -0.3 is 19.5 Å². The summed E-state index contributed by atoms with van der Waals surface area (Å²) in [5.41, 5.74) is 0.452. The zero-order valence-electron chi connectivity index (χ0n) is 13.3. The van der Waals surface area contributed by atoms with E-state index < -0.39 is 0 Å². The Hall–Kier alpha value is -1.59. The first-order valence-corrected chi connectivity index (χ1v) is 7.72. The van der Waals surface area contributed by atoms with E-state index in [2.05, 4.69) is 0 Å². The van der Waals surface area contributed by atoms with Gasteiger partial charge in [0.2, 0.25) is 5.91 Å². The summed E-state index contributed by atoms with van der Waals surface area (Å²) in [6, 6.07) is 6.88. The monoisotopic (exact) mass is 305 g/mol.